The number of amides is 3. The summed E-state index contributed by atoms with van der Waals surface area (Å²) in [6.45, 7) is 4.92. The van der Waals surface area contributed by atoms with E-state index >= 15 is 0 Å². The Morgan fingerprint density at radius 2 is 1.69 bits per heavy atom. The van der Waals surface area contributed by atoms with E-state index < -0.39 is 54.8 Å². The number of aliphatic carboxylic acids is 1. The molecule has 3 aromatic heterocycles. The number of nitrogens with two attached hydrogens (primary N) is 1. The number of nitrogen functional groups attached to an aromatic ring is 1. The van der Waals surface area contributed by atoms with E-state index in [0.29, 0.717) is 45.0 Å². The number of rotatable bonds is 15. The van der Waals surface area contributed by atoms with E-state index in [0.717, 1.165) is 26.2 Å². The number of carboxylic acids is 1. The second kappa shape index (κ2) is 20.8. The SMILES string of the molecule is COc1nn(C)cc1Nc1nccc(-c2cn(C(=O)N(C)CCN(C)C(=O)OCc3ccc(O[C@@H]4O[C@H](C(=O)O)[C@@H](O)[C@H](O)[C@H]4O)c(N)c3)c3c(NC(=O)[C@@H](C)N4CCN(C)CC4)cccc23)n1. The van der Waals surface area contributed by atoms with Crippen molar-refractivity contribution in [3.05, 3.63) is 66.6 Å². The molecule has 3 amide bonds. The monoisotopic (exact) mass is 944 g/mol. The first-order valence-corrected chi connectivity index (χ1v) is 21.6. The van der Waals surface area contributed by atoms with Crippen LogP contribution in [-0.2, 0) is 32.7 Å². The minimum Gasteiger partial charge on any atom is -0.479 e. The van der Waals surface area contributed by atoms with Crippen LogP contribution >= 0.6 is 0 Å². The van der Waals surface area contributed by atoms with Gasteiger partial charge in [0.15, 0.2) is 6.10 Å². The molecule has 5 aromatic rings. The third-order valence-electron chi connectivity index (χ3n) is 11.8. The number of benzene rings is 2. The van der Waals surface area contributed by atoms with Crippen LogP contribution in [0.3, 0.4) is 0 Å². The van der Waals surface area contributed by atoms with Crippen molar-refractivity contribution in [3.63, 3.8) is 0 Å². The predicted molar refractivity (Wildman–Crippen MR) is 245 cm³/mol. The van der Waals surface area contributed by atoms with Crippen LogP contribution in [0, 0.1) is 0 Å². The summed E-state index contributed by atoms with van der Waals surface area (Å²) >= 11 is 0. The van der Waals surface area contributed by atoms with Gasteiger partial charge in [0.25, 0.3) is 5.88 Å². The molecular weight excluding hydrogens is 889 g/mol. The minimum atomic E-state index is -1.89. The number of aliphatic hydroxyl groups is 3. The van der Waals surface area contributed by atoms with Gasteiger partial charge < -0.3 is 70.4 Å². The summed E-state index contributed by atoms with van der Waals surface area (Å²) in [5, 5.41) is 50.9. The van der Waals surface area contributed by atoms with Crippen molar-refractivity contribution in [3.8, 4) is 22.9 Å². The van der Waals surface area contributed by atoms with Gasteiger partial charge >= 0.3 is 18.1 Å². The Labute approximate surface area is 390 Å². The highest BCUT2D eigenvalue weighted by atomic mass is 16.7. The summed E-state index contributed by atoms with van der Waals surface area (Å²) < 4.78 is 24.6. The molecule has 2 aromatic carbocycles. The first-order valence-electron chi connectivity index (χ1n) is 21.6. The highest BCUT2D eigenvalue weighted by Gasteiger charge is 2.48. The number of hydrogen-bond acceptors (Lipinski definition) is 18. The summed E-state index contributed by atoms with van der Waals surface area (Å²) in [6.07, 6.45) is -4.81. The topological polar surface area (TPSA) is 298 Å². The smallest absolute Gasteiger partial charge is 0.409 e. The van der Waals surface area contributed by atoms with Crippen LogP contribution in [0.2, 0.25) is 0 Å². The normalized spacial score (nSPS) is 20.3. The number of aromatic nitrogens is 5. The fourth-order valence-electron chi connectivity index (χ4n) is 7.74. The molecule has 7 rings (SSSR count). The standard InChI is InChI=1S/C44H56N12O12/c1-24(55-18-14-51(2)15-19-55)38(60)47-30-9-7-8-26-27(29-12-13-46-42(48-29)49-31-22-54(5)50-39(31)65-6)21-56(33(26)30)43(63)52(3)16-17-53(4)44(64)66-23-25-10-11-32(28(45)20-25)67-41-36(59)34(57)35(58)37(68-41)40(61)62/h7-13,20-22,24,34-37,41,57-59H,14-19,23,45H2,1-6H3,(H,47,60)(H,61,62)(H,46,48,49)/t24-,34+,35+,36-,37+,41-/m1/s1. The Balaban J connectivity index is 1.05. The molecule has 24 nitrogen and oxygen atoms in total. The lowest BCUT2D eigenvalue weighted by Crippen LogP contribution is -2.61. The van der Waals surface area contributed by atoms with Crippen molar-refractivity contribution in [2.24, 2.45) is 7.05 Å². The number of piperazine rings is 1. The molecule has 2 aliphatic rings. The summed E-state index contributed by atoms with van der Waals surface area (Å²) in [5.41, 5.74) is 9.07. The summed E-state index contributed by atoms with van der Waals surface area (Å²) in [6, 6.07) is 10.5. The van der Waals surface area contributed by atoms with Crippen molar-refractivity contribution < 1.29 is 58.6 Å². The van der Waals surface area contributed by atoms with Crippen molar-refractivity contribution >= 4 is 57.9 Å². The second-order valence-electron chi connectivity index (χ2n) is 16.6. The zero-order valence-corrected chi connectivity index (χ0v) is 38.3. The molecule has 24 heteroatoms. The van der Waals surface area contributed by atoms with Crippen molar-refractivity contribution in [1.29, 1.82) is 0 Å². The highest BCUT2D eigenvalue weighted by molar-refractivity contribution is 6.10. The molecule has 68 heavy (non-hydrogen) atoms. The lowest BCUT2D eigenvalue weighted by molar-refractivity contribution is -0.271. The van der Waals surface area contributed by atoms with Crippen LogP contribution in [0.5, 0.6) is 11.6 Å². The summed E-state index contributed by atoms with van der Waals surface area (Å²) in [5.74, 6) is -1.23. The number of carboxylic acid groups (broad SMARTS) is 1. The first kappa shape index (κ1) is 48.8. The zero-order valence-electron chi connectivity index (χ0n) is 38.3. The van der Waals surface area contributed by atoms with Crippen LogP contribution in [0.1, 0.15) is 12.5 Å². The maximum absolute atomic E-state index is 14.5. The molecule has 364 valence electrons. The molecule has 0 unspecified atom stereocenters. The van der Waals surface area contributed by atoms with E-state index in [4.69, 9.17) is 29.7 Å². The first-order chi connectivity index (χ1) is 32.4. The largest absolute Gasteiger partial charge is 0.479 e. The Morgan fingerprint density at radius 1 is 0.956 bits per heavy atom. The van der Waals surface area contributed by atoms with E-state index in [1.165, 1.54) is 46.7 Å². The third kappa shape index (κ3) is 10.7. The Morgan fingerprint density at radius 3 is 2.40 bits per heavy atom. The molecule has 0 saturated carbocycles. The van der Waals surface area contributed by atoms with E-state index in [9.17, 15) is 39.6 Å². The molecule has 2 saturated heterocycles. The Kier molecular flexibility index (Phi) is 15.0. The number of hydrogen-bond donors (Lipinski definition) is 7. The van der Waals surface area contributed by atoms with Crippen LogP contribution in [0.4, 0.5) is 32.6 Å². The zero-order chi connectivity index (χ0) is 49.0. The Bertz CT molecular complexity index is 2630. The number of methoxy groups -OCH3 is 1. The van der Waals surface area contributed by atoms with Crippen molar-refractivity contribution in [1.82, 2.24) is 43.9 Å². The molecule has 6 atom stereocenters. The van der Waals surface area contributed by atoms with Gasteiger partial charge in [-0.2, -0.15) is 0 Å². The van der Waals surface area contributed by atoms with E-state index in [-0.39, 0.29) is 43.0 Å². The predicted octanol–water partition coefficient (Wildman–Crippen LogP) is 1.18. The summed E-state index contributed by atoms with van der Waals surface area (Å²) in [4.78, 5) is 69.1. The molecule has 8 N–H and O–H groups in total. The van der Waals surface area contributed by atoms with Crippen molar-refractivity contribution in [2.75, 3.05) is 83.9 Å². The van der Waals surface area contributed by atoms with Gasteiger partial charge in [-0.25, -0.2) is 24.4 Å². The molecular formula is C44H56N12O12. The van der Waals surface area contributed by atoms with Crippen LogP contribution in [0.25, 0.3) is 22.2 Å². The van der Waals surface area contributed by atoms with E-state index in [1.807, 2.05) is 20.0 Å². The lowest BCUT2D eigenvalue weighted by Gasteiger charge is -2.38. The molecule has 2 fully saturated rings. The molecule has 0 spiro atoms. The molecule has 0 radical (unpaired) electrons. The number of likely N-dealkylation sites (N-methyl/N-ethyl adjacent to an activating group) is 3. The van der Waals surface area contributed by atoms with Gasteiger partial charge in [-0.3, -0.25) is 18.9 Å². The number of aryl methyl sites for hydroxylation is 1. The lowest BCUT2D eigenvalue weighted by atomic mass is 9.99. The second-order valence-corrected chi connectivity index (χ2v) is 16.6. The highest BCUT2D eigenvalue weighted by Crippen LogP contribution is 2.36. The molecule has 2 aliphatic heterocycles. The van der Waals surface area contributed by atoms with Gasteiger partial charge in [0, 0.05) is 83.8 Å². The fourth-order valence-corrected chi connectivity index (χ4v) is 7.74. The number of para-hydroxylation sites is 1. The third-order valence-corrected chi connectivity index (χ3v) is 11.8. The van der Waals surface area contributed by atoms with Gasteiger partial charge in [-0.1, -0.05) is 18.2 Å². The van der Waals surface area contributed by atoms with Crippen LogP contribution in [-0.4, -0.2) is 193 Å². The van der Waals surface area contributed by atoms with Gasteiger partial charge in [0.2, 0.25) is 18.1 Å². The number of nitrogens with one attached hydrogen (secondary N) is 2. The number of ether oxygens (including phenoxy) is 4. The van der Waals surface area contributed by atoms with Gasteiger partial charge in [-0.05, 0) is 43.8 Å². The number of carbonyl (C=O) groups excluding carboxylic acids is 3. The maximum Gasteiger partial charge on any atom is 0.409 e. The Hall–Kier alpha value is -7.09. The van der Waals surface area contributed by atoms with Gasteiger partial charge in [-0.15, -0.1) is 5.10 Å². The summed E-state index contributed by atoms with van der Waals surface area (Å²) in [7, 11) is 8.41. The number of anilines is 4. The quantitative estimate of drug-likeness (QED) is 0.0725. The molecule has 5 heterocycles. The van der Waals surface area contributed by atoms with Crippen molar-refractivity contribution in [2.45, 2.75) is 50.3 Å². The van der Waals surface area contributed by atoms with Crippen LogP contribution < -0.4 is 25.8 Å². The van der Waals surface area contributed by atoms with E-state index in [1.54, 1.807) is 55.6 Å². The molecule has 0 aliphatic carbocycles. The van der Waals surface area contributed by atoms with Gasteiger partial charge in [0.05, 0.1) is 41.9 Å². The van der Waals surface area contributed by atoms with Crippen LogP contribution in [0.15, 0.2) is 61.1 Å². The number of nitrogens with zero attached hydrogens (tertiary/aromatic N) is 9. The average molecular weight is 945 g/mol. The van der Waals surface area contributed by atoms with E-state index in [2.05, 4.69) is 30.5 Å². The maximum atomic E-state index is 14.5. The number of carbonyl (C=O) groups is 4. The molecule has 0 bridgehead atoms. The fraction of sp³-hybridized carbons (Fsp3) is 0.432. The van der Waals surface area contributed by atoms with Gasteiger partial charge in [0.1, 0.15) is 36.4 Å². The number of aliphatic hydroxyl groups excluding tert-OH is 3. The number of fused-ring (bicyclic) bond motifs is 1. The minimum absolute atomic E-state index is 0.0190. The average Bonchev–Trinajstić information content (AvgIpc) is 3.90.